The minimum Gasteiger partial charge on any atom is -0.399 e. The molecule has 0 bridgehead atoms. The van der Waals surface area contributed by atoms with E-state index in [1.165, 1.54) is 0 Å². The quantitative estimate of drug-likeness (QED) is 0.206. The van der Waals surface area contributed by atoms with Gasteiger partial charge in [-0.05, 0) is 112 Å². The molecule has 1 fully saturated rings. The van der Waals surface area contributed by atoms with Crippen molar-refractivity contribution in [3.8, 4) is 33.4 Å². The number of benzene rings is 6. The summed E-state index contributed by atoms with van der Waals surface area (Å²) < 4.78 is 114. The Kier molecular flexibility index (Phi) is 3.73. The van der Waals surface area contributed by atoms with Crippen molar-refractivity contribution in [2.24, 2.45) is 0 Å². The smallest absolute Gasteiger partial charge is 0.399 e. The summed E-state index contributed by atoms with van der Waals surface area (Å²) in [6.07, 6.45) is 0. The maximum atomic E-state index is 9.19. The van der Waals surface area contributed by atoms with Crippen molar-refractivity contribution in [1.82, 2.24) is 0 Å². The van der Waals surface area contributed by atoms with E-state index in [2.05, 4.69) is 0 Å². The molecule has 0 spiro atoms. The summed E-state index contributed by atoms with van der Waals surface area (Å²) in [7, 11) is -0.838. The molecule has 0 unspecified atom stereocenters. The van der Waals surface area contributed by atoms with Gasteiger partial charge in [0.15, 0.2) is 0 Å². The molecule has 6 aromatic rings. The summed E-state index contributed by atoms with van der Waals surface area (Å²) in [5.74, 6) is 0. The van der Waals surface area contributed by atoms with Gasteiger partial charge in [0, 0.05) is 0 Å². The molecule has 1 heterocycles. The second-order valence-corrected chi connectivity index (χ2v) is 11.2. The van der Waals surface area contributed by atoms with Crippen LogP contribution < -0.4 is 5.46 Å². The zero-order valence-electron chi connectivity index (χ0n) is 35.1. The molecule has 0 aliphatic carbocycles. The van der Waals surface area contributed by atoms with Gasteiger partial charge in [0.1, 0.15) is 0 Å². The van der Waals surface area contributed by atoms with Crippen molar-refractivity contribution in [3.63, 3.8) is 0 Å². The van der Waals surface area contributed by atoms with Crippen molar-refractivity contribution in [2.45, 2.75) is 38.9 Å². The van der Waals surface area contributed by atoms with Gasteiger partial charge < -0.3 is 9.31 Å². The van der Waals surface area contributed by atoms with Crippen molar-refractivity contribution < 1.29 is 25.8 Å². The van der Waals surface area contributed by atoms with Crippen LogP contribution in [0.1, 0.15) is 44.1 Å². The topological polar surface area (TPSA) is 18.5 Å². The molecule has 1 saturated heterocycles. The normalized spacial score (nSPS) is 20.0. The third-order valence-electron chi connectivity index (χ3n) is 7.98. The van der Waals surface area contributed by atoms with Gasteiger partial charge in [-0.1, -0.05) is 103 Å². The Hall–Kier alpha value is -4.18. The predicted molar refractivity (Wildman–Crippen MR) is 173 cm³/mol. The Morgan fingerprint density at radius 2 is 1.05 bits per heavy atom. The lowest BCUT2D eigenvalue weighted by molar-refractivity contribution is 0.00578. The minimum absolute atomic E-state index is 0.0243. The van der Waals surface area contributed by atoms with Crippen molar-refractivity contribution in [1.29, 1.82) is 0 Å². The van der Waals surface area contributed by atoms with Crippen LogP contribution in [-0.2, 0) is 9.31 Å². The zero-order valence-corrected chi connectivity index (χ0v) is 23.1. The number of fused-ring (bicyclic) bond motifs is 2. The Morgan fingerprint density at radius 1 is 0.488 bits per heavy atom. The highest BCUT2D eigenvalue weighted by atomic mass is 16.7. The van der Waals surface area contributed by atoms with Gasteiger partial charge in [-0.15, -0.1) is 0 Å². The van der Waals surface area contributed by atoms with E-state index in [-0.39, 0.29) is 46.1 Å². The highest BCUT2D eigenvalue weighted by Crippen LogP contribution is 2.38. The fraction of sp³-hybridized carbons (Fsp3) is 0.158. The molecule has 200 valence electrons. The molecule has 7 rings (SSSR count). The lowest BCUT2D eigenvalue weighted by atomic mass is 9.76. The molecule has 0 atom stereocenters. The molecule has 41 heavy (non-hydrogen) atoms. The van der Waals surface area contributed by atoms with E-state index >= 15 is 0 Å². The first-order valence-electron chi connectivity index (χ1n) is 19.4. The van der Waals surface area contributed by atoms with Crippen LogP contribution >= 0.6 is 0 Å². The monoisotopic (exact) mass is 544 g/mol. The number of hydrogen-bond donors (Lipinski definition) is 0. The molecule has 0 radical (unpaired) electrons. The predicted octanol–water partition coefficient (Wildman–Crippen LogP) is 9.29. The molecule has 1 aliphatic rings. The third-order valence-corrected chi connectivity index (χ3v) is 7.98. The molecular formula is C38H33BO2. The first kappa shape index (κ1) is 15.7. The number of hydrogen-bond acceptors (Lipinski definition) is 2. The molecule has 0 amide bonds. The van der Waals surface area contributed by atoms with Crippen LogP contribution in [0.4, 0.5) is 0 Å². The van der Waals surface area contributed by atoms with Crippen LogP contribution in [0.2, 0.25) is 0 Å². The average molecular weight is 545 g/mol. The number of rotatable bonds is 4. The van der Waals surface area contributed by atoms with Crippen LogP contribution in [0.25, 0.3) is 54.9 Å². The minimum atomic E-state index is -0.838. The Labute approximate surface area is 259 Å². The lowest BCUT2D eigenvalue weighted by Gasteiger charge is -2.32. The molecular weight excluding hydrogens is 499 g/mol. The van der Waals surface area contributed by atoms with Gasteiger partial charge in [0.2, 0.25) is 0 Å². The Balaban J connectivity index is 1.43. The summed E-state index contributed by atoms with van der Waals surface area (Å²) in [5, 5.41) is 1.22. The summed E-state index contributed by atoms with van der Waals surface area (Å²) >= 11 is 0. The van der Waals surface area contributed by atoms with Gasteiger partial charge in [-0.2, -0.15) is 0 Å². The standard InChI is InChI=1S/C38H33BO2/c1-37(2)38(3,4)41-39(40-37)36-24-34(32-15-14-27-12-8-9-13-28(27)20-32)23-35(25-36)33-19-18-30-21-29(16-17-31(30)22-33)26-10-6-5-7-11-26/h5-25H,1-4H3/i5D,6D,7D,8D,9D,10D,11D,12D,13D,14D,15D,20D. The SMILES string of the molecule is [2H]c1c([2H])c([2H])c(-c2ccc3cc(-c4cc(B5OC(C)(C)C(C)(C)O5)cc(-c5c([2H])c([2H])c6c([2H])c([2H])c([2H])c([2H])c6c5[2H])c4)ccc3c2)c([2H])c1[2H]. The Bertz CT molecular complexity index is 2520. The van der Waals surface area contributed by atoms with E-state index in [1.54, 1.807) is 30.3 Å². The average Bonchev–Trinajstić information content (AvgIpc) is 3.35. The van der Waals surface area contributed by atoms with E-state index in [0.29, 0.717) is 22.2 Å². The van der Waals surface area contributed by atoms with E-state index in [9.17, 15) is 1.37 Å². The summed E-state index contributed by atoms with van der Waals surface area (Å²) in [6.45, 7) is 7.69. The molecule has 2 nitrogen and oxygen atoms in total. The molecule has 3 heteroatoms. The lowest BCUT2D eigenvalue weighted by Crippen LogP contribution is -2.41. The van der Waals surface area contributed by atoms with E-state index < -0.39 is 66.7 Å². The van der Waals surface area contributed by atoms with Gasteiger partial charge in [-0.3, -0.25) is 0 Å². The summed E-state index contributed by atoms with van der Waals surface area (Å²) in [6, 6.07) is 11.3. The summed E-state index contributed by atoms with van der Waals surface area (Å²) in [5.41, 5.74) is 1.56. The maximum absolute atomic E-state index is 9.19. The van der Waals surface area contributed by atoms with Gasteiger partial charge in [-0.25, -0.2) is 0 Å². The largest absolute Gasteiger partial charge is 0.494 e. The second-order valence-electron chi connectivity index (χ2n) is 11.2. The fourth-order valence-corrected chi connectivity index (χ4v) is 4.98. The van der Waals surface area contributed by atoms with Crippen molar-refractivity contribution in [3.05, 3.63) is 127 Å². The Morgan fingerprint density at radius 3 is 1.71 bits per heavy atom. The van der Waals surface area contributed by atoms with Crippen molar-refractivity contribution in [2.75, 3.05) is 0 Å². The fourth-order valence-electron chi connectivity index (χ4n) is 4.98. The molecule has 0 aromatic heterocycles. The van der Waals surface area contributed by atoms with Crippen LogP contribution in [0.15, 0.2) is 127 Å². The molecule has 6 aromatic carbocycles. The second kappa shape index (κ2) is 9.73. The first-order chi connectivity index (χ1) is 24.8. The zero-order chi connectivity index (χ0) is 38.6. The van der Waals surface area contributed by atoms with Crippen molar-refractivity contribution >= 4 is 34.1 Å². The highest BCUT2D eigenvalue weighted by Gasteiger charge is 2.51. The van der Waals surface area contributed by atoms with E-state index in [4.69, 9.17) is 24.4 Å². The van der Waals surface area contributed by atoms with Crippen LogP contribution in [0.5, 0.6) is 0 Å². The van der Waals surface area contributed by atoms with Gasteiger partial charge >= 0.3 is 7.12 Å². The molecule has 0 saturated carbocycles. The van der Waals surface area contributed by atoms with Crippen LogP contribution in [-0.4, -0.2) is 18.3 Å². The van der Waals surface area contributed by atoms with Gasteiger partial charge in [0.05, 0.1) is 27.7 Å². The van der Waals surface area contributed by atoms with Crippen LogP contribution in [0.3, 0.4) is 0 Å². The molecule has 0 N–H and O–H groups in total. The summed E-state index contributed by atoms with van der Waals surface area (Å²) in [4.78, 5) is 0. The van der Waals surface area contributed by atoms with E-state index in [0.717, 1.165) is 16.3 Å². The van der Waals surface area contributed by atoms with Gasteiger partial charge in [0.25, 0.3) is 0 Å². The first-order valence-corrected chi connectivity index (χ1v) is 13.4. The highest BCUT2D eigenvalue weighted by molar-refractivity contribution is 6.62. The van der Waals surface area contributed by atoms with E-state index in [1.807, 2.05) is 52.0 Å². The third kappa shape index (κ3) is 4.76. The maximum Gasteiger partial charge on any atom is 0.494 e. The van der Waals surface area contributed by atoms with Crippen LogP contribution in [0, 0.1) is 0 Å². The molecule has 1 aliphatic heterocycles.